The maximum Gasteiger partial charge on any atom is 0.261 e. The predicted octanol–water partition coefficient (Wildman–Crippen LogP) is 5.59. The smallest absolute Gasteiger partial charge is 0.261 e. The average molecular weight is 486 g/mol. The molecule has 3 aromatic carbocycles. The molecule has 0 aliphatic carbocycles. The molecule has 9 heteroatoms. The molecule has 0 atom stereocenters. The molecular formula is C23H20ClN3O3S2. The third kappa shape index (κ3) is 5.53. The van der Waals surface area contributed by atoms with E-state index in [9.17, 15) is 13.2 Å². The number of benzene rings is 3. The van der Waals surface area contributed by atoms with Crippen LogP contribution in [0.3, 0.4) is 0 Å². The summed E-state index contributed by atoms with van der Waals surface area (Å²) in [7, 11) is -3.75. The summed E-state index contributed by atoms with van der Waals surface area (Å²) in [4.78, 5) is 17.0. The zero-order valence-electron chi connectivity index (χ0n) is 17.0. The maximum absolute atomic E-state index is 12.6. The van der Waals surface area contributed by atoms with Crippen LogP contribution in [0.15, 0.2) is 89.1 Å². The molecule has 0 bridgehead atoms. The second-order valence-corrected chi connectivity index (χ2v) is 9.39. The van der Waals surface area contributed by atoms with E-state index < -0.39 is 10.0 Å². The van der Waals surface area contributed by atoms with Crippen molar-refractivity contribution in [3.8, 4) is 11.3 Å². The number of sulfonamides is 1. The lowest BCUT2D eigenvalue weighted by molar-refractivity contribution is 0.102. The Morgan fingerprint density at radius 2 is 1.56 bits per heavy atom. The Balaban J connectivity index is 0.00000289. The van der Waals surface area contributed by atoms with Crippen molar-refractivity contribution >= 4 is 50.5 Å². The first kappa shape index (κ1) is 23.5. The van der Waals surface area contributed by atoms with E-state index in [4.69, 9.17) is 0 Å². The van der Waals surface area contributed by atoms with Crippen LogP contribution in [0.1, 0.15) is 15.9 Å². The number of rotatable bonds is 6. The summed E-state index contributed by atoms with van der Waals surface area (Å²) >= 11 is 1.33. The van der Waals surface area contributed by atoms with Gasteiger partial charge < -0.3 is 0 Å². The van der Waals surface area contributed by atoms with E-state index in [2.05, 4.69) is 15.0 Å². The molecule has 0 saturated heterocycles. The molecule has 164 valence electrons. The minimum Gasteiger partial charge on any atom is -0.298 e. The van der Waals surface area contributed by atoms with Crippen LogP contribution in [0.5, 0.6) is 0 Å². The molecule has 6 nitrogen and oxygen atoms in total. The van der Waals surface area contributed by atoms with Gasteiger partial charge in [0.05, 0.1) is 10.6 Å². The van der Waals surface area contributed by atoms with Crippen molar-refractivity contribution < 1.29 is 13.2 Å². The SMILES string of the molecule is Cc1ccc(NS(=O)(=O)c2ccc(C(=O)Nc3nc(-c4ccccc4)cs3)cc2)cc1.Cl. The van der Waals surface area contributed by atoms with Crippen LogP contribution in [0.25, 0.3) is 11.3 Å². The number of anilines is 2. The molecule has 0 aliphatic rings. The first-order valence-corrected chi connectivity index (χ1v) is 11.8. The highest BCUT2D eigenvalue weighted by molar-refractivity contribution is 7.92. The van der Waals surface area contributed by atoms with E-state index in [1.165, 1.54) is 35.6 Å². The number of carbonyl (C=O) groups is 1. The summed E-state index contributed by atoms with van der Waals surface area (Å²) in [6, 6.07) is 22.5. The molecule has 0 unspecified atom stereocenters. The summed E-state index contributed by atoms with van der Waals surface area (Å²) in [5.74, 6) is -0.357. The number of thiazole rings is 1. The van der Waals surface area contributed by atoms with E-state index >= 15 is 0 Å². The Bertz CT molecular complexity index is 1300. The van der Waals surface area contributed by atoms with Gasteiger partial charge in [-0.3, -0.25) is 14.8 Å². The number of carbonyl (C=O) groups excluding carboxylic acids is 1. The van der Waals surface area contributed by atoms with E-state index in [-0.39, 0.29) is 23.2 Å². The molecule has 0 aliphatic heterocycles. The number of nitrogens with one attached hydrogen (secondary N) is 2. The molecule has 0 spiro atoms. The zero-order valence-corrected chi connectivity index (χ0v) is 19.4. The standard InChI is InChI=1S/C23H19N3O3S2.ClH/c1-16-7-11-19(12-8-16)26-31(28,29)20-13-9-18(10-14-20)22(27)25-23-24-21(15-30-23)17-5-3-2-4-6-17;/h2-15,26H,1H3,(H,24,25,27);1H. The van der Waals surface area contributed by atoms with Crippen molar-refractivity contribution in [2.24, 2.45) is 0 Å². The van der Waals surface area contributed by atoms with Gasteiger partial charge in [-0.2, -0.15) is 0 Å². The molecule has 0 fully saturated rings. The lowest BCUT2D eigenvalue weighted by atomic mass is 10.2. The largest absolute Gasteiger partial charge is 0.298 e. The minimum absolute atomic E-state index is 0. The van der Waals surface area contributed by atoms with Crippen LogP contribution in [-0.2, 0) is 10.0 Å². The van der Waals surface area contributed by atoms with Gasteiger partial charge in [0.25, 0.3) is 15.9 Å². The van der Waals surface area contributed by atoms with E-state index in [1.54, 1.807) is 12.1 Å². The third-order valence-corrected chi connectivity index (χ3v) is 6.68. The van der Waals surface area contributed by atoms with Crippen LogP contribution in [0.4, 0.5) is 10.8 Å². The quantitative estimate of drug-likeness (QED) is 0.372. The van der Waals surface area contributed by atoms with Crippen molar-refractivity contribution in [1.29, 1.82) is 0 Å². The third-order valence-electron chi connectivity index (χ3n) is 4.52. The highest BCUT2D eigenvalue weighted by Crippen LogP contribution is 2.25. The Morgan fingerprint density at radius 3 is 2.22 bits per heavy atom. The topological polar surface area (TPSA) is 88.2 Å². The second kappa shape index (κ2) is 9.95. The highest BCUT2D eigenvalue weighted by Gasteiger charge is 2.16. The van der Waals surface area contributed by atoms with Gasteiger partial charge in [0, 0.05) is 22.2 Å². The number of hydrogen-bond acceptors (Lipinski definition) is 5. The lowest BCUT2D eigenvalue weighted by Crippen LogP contribution is -2.14. The van der Waals surface area contributed by atoms with Crippen LogP contribution in [-0.4, -0.2) is 19.3 Å². The van der Waals surface area contributed by atoms with E-state index in [1.807, 2.05) is 54.8 Å². The Morgan fingerprint density at radius 1 is 0.906 bits per heavy atom. The van der Waals surface area contributed by atoms with Crippen LogP contribution in [0, 0.1) is 6.92 Å². The second-order valence-electron chi connectivity index (χ2n) is 6.85. The molecule has 32 heavy (non-hydrogen) atoms. The minimum atomic E-state index is -3.75. The molecule has 2 N–H and O–H groups in total. The first-order valence-electron chi connectivity index (χ1n) is 9.42. The van der Waals surface area contributed by atoms with Gasteiger partial charge in [-0.25, -0.2) is 13.4 Å². The van der Waals surface area contributed by atoms with Crippen molar-refractivity contribution in [1.82, 2.24) is 4.98 Å². The van der Waals surface area contributed by atoms with Crippen molar-refractivity contribution in [3.05, 3.63) is 95.4 Å². The predicted molar refractivity (Wildman–Crippen MR) is 131 cm³/mol. The Labute approximate surface area is 196 Å². The maximum atomic E-state index is 12.6. The molecule has 1 heterocycles. The summed E-state index contributed by atoms with van der Waals surface area (Å²) in [5.41, 5.74) is 3.60. The summed E-state index contributed by atoms with van der Waals surface area (Å²) in [6.45, 7) is 1.93. The number of halogens is 1. The first-order chi connectivity index (χ1) is 14.9. The Kier molecular flexibility index (Phi) is 7.29. The van der Waals surface area contributed by atoms with Crippen LogP contribution < -0.4 is 10.0 Å². The van der Waals surface area contributed by atoms with Gasteiger partial charge in [0.1, 0.15) is 0 Å². The number of aryl methyl sites for hydroxylation is 1. The monoisotopic (exact) mass is 485 g/mol. The molecule has 4 aromatic rings. The normalized spacial score (nSPS) is 10.8. The van der Waals surface area contributed by atoms with Gasteiger partial charge in [-0.15, -0.1) is 23.7 Å². The molecular weight excluding hydrogens is 466 g/mol. The fourth-order valence-corrected chi connectivity index (χ4v) is 4.64. The van der Waals surface area contributed by atoms with Gasteiger partial charge in [0.15, 0.2) is 5.13 Å². The molecule has 4 rings (SSSR count). The van der Waals surface area contributed by atoms with Crippen molar-refractivity contribution in [3.63, 3.8) is 0 Å². The number of amides is 1. The fraction of sp³-hybridized carbons (Fsp3) is 0.0435. The fourth-order valence-electron chi connectivity index (χ4n) is 2.86. The zero-order chi connectivity index (χ0) is 21.8. The summed E-state index contributed by atoms with van der Waals surface area (Å²) in [5, 5.41) is 5.10. The van der Waals surface area contributed by atoms with Gasteiger partial charge in [-0.1, -0.05) is 48.0 Å². The van der Waals surface area contributed by atoms with Crippen LogP contribution >= 0.6 is 23.7 Å². The van der Waals surface area contributed by atoms with Crippen LogP contribution in [0.2, 0.25) is 0 Å². The molecule has 1 aromatic heterocycles. The molecule has 0 radical (unpaired) electrons. The van der Waals surface area contributed by atoms with Gasteiger partial charge >= 0.3 is 0 Å². The van der Waals surface area contributed by atoms with Crippen molar-refractivity contribution in [2.75, 3.05) is 10.0 Å². The molecule has 1 amide bonds. The van der Waals surface area contributed by atoms with Crippen molar-refractivity contribution in [2.45, 2.75) is 11.8 Å². The molecule has 0 saturated carbocycles. The van der Waals surface area contributed by atoms with E-state index in [0.717, 1.165) is 16.8 Å². The summed E-state index contributed by atoms with van der Waals surface area (Å²) in [6.07, 6.45) is 0. The van der Waals surface area contributed by atoms with Gasteiger partial charge in [0.2, 0.25) is 0 Å². The number of nitrogens with zero attached hydrogens (tertiary/aromatic N) is 1. The number of aromatic nitrogens is 1. The lowest BCUT2D eigenvalue weighted by Gasteiger charge is -2.09. The highest BCUT2D eigenvalue weighted by atomic mass is 35.5. The van der Waals surface area contributed by atoms with E-state index in [0.29, 0.717) is 16.4 Å². The number of hydrogen-bond donors (Lipinski definition) is 2. The summed E-state index contributed by atoms with van der Waals surface area (Å²) < 4.78 is 27.7. The van der Waals surface area contributed by atoms with Gasteiger partial charge in [-0.05, 0) is 43.3 Å². The average Bonchev–Trinajstić information content (AvgIpc) is 3.24. The Hall–Kier alpha value is -3.20.